The highest BCUT2D eigenvalue weighted by Gasteiger charge is 2.12. The van der Waals surface area contributed by atoms with Gasteiger partial charge in [0, 0.05) is 25.8 Å². The maximum atomic E-state index is 12.0. The number of anilines is 1. The molecule has 5 nitrogen and oxygen atoms in total. The number of benzene rings is 1. The van der Waals surface area contributed by atoms with Crippen molar-refractivity contribution in [1.29, 1.82) is 0 Å². The van der Waals surface area contributed by atoms with Crippen LogP contribution in [-0.4, -0.2) is 41.2 Å². The third-order valence-corrected chi connectivity index (χ3v) is 2.78. The Morgan fingerprint density at radius 3 is 2.67 bits per heavy atom. The summed E-state index contributed by atoms with van der Waals surface area (Å²) in [6.07, 6.45) is 2.50. The Morgan fingerprint density at radius 2 is 2.06 bits per heavy atom. The number of hydrogen-bond acceptors (Lipinski definition) is 4. The number of nitrogens with zero attached hydrogens (tertiary/aromatic N) is 1. The molecule has 0 fully saturated rings. The summed E-state index contributed by atoms with van der Waals surface area (Å²) in [7, 11) is 1.72. The maximum absolute atomic E-state index is 12.0. The predicted molar refractivity (Wildman–Crippen MR) is 70.4 cm³/mol. The molecule has 0 bridgehead atoms. The van der Waals surface area contributed by atoms with Crippen LogP contribution in [0.15, 0.2) is 18.2 Å². The Hall–Kier alpha value is -1.75. The van der Waals surface area contributed by atoms with Crippen molar-refractivity contribution in [3.8, 4) is 5.75 Å². The van der Waals surface area contributed by atoms with Gasteiger partial charge < -0.3 is 20.8 Å². The van der Waals surface area contributed by atoms with Crippen molar-refractivity contribution >= 4 is 11.6 Å². The number of aromatic hydroxyl groups is 1. The van der Waals surface area contributed by atoms with Crippen LogP contribution >= 0.6 is 0 Å². The first-order chi connectivity index (χ1) is 8.56. The van der Waals surface area contributed by atoms with Gasteiger partial charge in [-0.1, -0.05) is 0 Å². The molecule has 18 heavy (non-hydrogen) atoms. The van der Waals surface area contributed by atoms with Gasteiger partial charge in [0.05, 0.1) is 5.69 Å². The summed E-state index contributed by atoms with van der Waals surface area (Å²) < 4.78 is 0. The number of nitrogen functional groups attached to an aromatic ring is 1. The van der Waals surface area contributed by atoms with Gasteiger partial charge >= 0.3 is 0 Å². The molecule has 0 aliphatic heterocycles. The Morgan fingerprint density at radius 1 is 1.33 bits per heavy atom. The number of aliphatic hydroxyl groups is 1. The van der Waals surface area contributed by atoms with Crippen LogP contribution in [0.4, 0.5) is 5.69 Å². The molecule has 1 aromatic rings. The molecule has 0 atom stereocenters. The molecule has 0 saturated carbocycles. The van der Waals surface area contributed by atoms with Crippen molar-refractivity contribution in [2.75, 3.05) is 25.9 Å². The van der Waals surface area contributed by atoms with Crippen molar-refractivity contribution in [2.24, 2.45) is 0 Å². The number of nitrogens with two attached hydrogens (primary N) is 1. The quantitative estimate of drug-likeness (QED) is 0.403. The predicted octanol–water partition coefficient (Wildman–Crippen LogP) is 1.21. The first-order valence-corrected chi connectivity index (χ1v) is 6.01. The first kappa shape index (κ1) is 14.3. The third-order valence-electron chi connectivity index (χ3n) is 2.78. The van der Waals surface area contributed by atoms with Gasteiger partial charge in [-0.05, 0) is 37.5 Å². The van der Waals surface area contributed by atoms with Crippen LogP contribution in [0.25, 0.3) is 0 Å². The molecule has 0 radical (unpaired) electrons. The molecule has 1 rings (SSSR count). The van der Waals surface area contributed by atoms with Crippen molar-refractivity contribution in [3.63, 3.8) is 0 Å². The number of phenolic OH excluding ortho intramolecular Hbond substituents is 1. The van der Waals surface area contributed by atoms with Crippen molar-refractivity contribution in [2.45, 2.75) is 19.3 Å². The molecule has 1 aromatic carbocycles. The highest BCUT2D eigenvalue weighted by atomic mass is 16.3. The van der Waals surface area contributed by atoms with Crippen LogP contribution in [0.1, 0.15) is 29.6 Å². The fourth-order valence-electron chi connectivity index (χ4n) is 1.64. The molecule has 0 heterocycles. The summed E-state index contributed by atoms with van der Waals surface area (Å²) in [6.45, 7) is 0.813. The van der Waals surface area contributed by atoms with Crippen LogP contribution in [-0.2, 0) is 0 Å². The van der Waals surface area contributed by atoms with Gasteiger partial charge in [0.25, 0.3) is 5.91 Å². The lowest BCUT2D eigenvalue weighted by atomic mass is 10.1. The van der Waals surface area contributed by atoms with E-state index in [1.165, 1.54) is 12.1 Å². The van der Waals surface area contributed by atoms with Gasteiger partial charge in [-0.2, -0.15) is 0 Å². The lowest BCUT2D eigenvalue weighted by Gasteiger charge is -2.17. The van der Waals surface area contributed by atoms with E-state index in [1.807, 2.05) is 0 Å². The SMILES string of the molecule is CN(CCCCCO)C(=O)c1ccc(N)c(O)c1. The molecule has 0 saturated heterocycles. The second-order valence-corrected chi connectivity index (χ2v) is 4.28. The number of rotatable bonds is 6. The number of carbonyl (C=O) groups excluding carboxylic acids is 1. The summed E-state index contributed by atoms with van der Waals surface area (Å²) in [5, 5.41) is 18.1. The smallest absolute Gasteiger partial charge is 0.253 e. The van der Waals surface area contributed by atoms with Gasteiger partial charge in [-0.3, -0.25) is 4.79 Å². The fourth-order valence-corrected chi connectivity index (χ4v) is 1.64. The number of phenols is 1. The number of unbranched alkanes of at least 4 members (excludes halogenated alkanes) is 2. The summed E-state index contributed by atoms with van der Waals surface area (Å²) in [6, 6.07) is 4.49. The standard InChI is InChI=1S/C13H20N2O3/c1-15(7-3-2-4-8-16)13(18)10-5-6-11(14)12(17)9-10/h5-6,9,16-17H,2-4,7-8,14H2,1H3. The Balaban J connectivity index is 2.54. The van der Waals surface area contributed by atoms with E-state index in [4.69, 9.17) is 10.8 Å². The van der Waals surface area contributed by atoms with Crippen molar-refractivity contribution in [1.82, 2.24) is 4.90 Å². The van der Waals surface area contributed by atoms with Crippen molar-refractivity contribution in [3.05, 3.63) is 23.8 Å². The molecule has 0 unspecified atom stereocenters. The number of carbonyl (C=O) groups is 1. The van der Waals surface area contributed by atoms with E-state index in [0.29, 0.717) is 12.1 Å². The summed E-state index contributed by atoms with van der Waals surface area (Å²) in [5.74, 6) is -0.219. The molecule has 4 N–H and O–H groups in total. The molecular formula is C13H20N2O3. The maximum Gasteiger partial charge on any atom is 0.253 e. The Labute approximate surface area is 107 Å². The zero-order chi connectivity index (χ0) is 13.5. The molecule has 1 amide bonds. The highest BCUT2D eigenvalue weighted by molar-refractivity contribution is 5.95. The monoisotopic (exact) mass is 252 g/mol. The largest absolute Gasteiger partial charge is 0.506 e. The van der Waals surface area contributed by atoms with Crippen LogP contribution < -0.4 is 5.73 Å². The van der Waals surface area contributed by atoms with Crippen LogP contribution in [0.3, 0.4) is 0 Å². The minimum Gasteiger partial charge on any atom is -0.506 e. The Kier molecular flexibility index (Phi) is 5.45. The zero-order valence-corrected chi connectivity index (χ0v) is 10.6. The van der Waals surface area contributed by atoms with E-state index in [9.17, 15) is 9.90 Å². The van der Waals surface area contributed by atoms with E-state index in [2.05, 4.69) is 0 Å². The third kappa shape index (κ3) is 3.92. The molecule has 0 aliphatic rings. The fraction of sp³-hybridized carbons (Fsp3) is 0.462. The minimum atomic E-state index is -0.144. The number of aliphatic hydroxyl groups excluding tert-OH is 1. The van der Waals surface area contributed by atoms with Crippen molar-refractivity contribution < 1.29 is 15.0 Å². The highest BCUT2D eigenvalue weighted by Crippen LogP contribution is 2.21. The molecular weight excluding hydrogens is 232 g/mol. The lowest BCUT2D eigenvalue weighted by molar-refractivity contribution is 0.0792. The van der Waals surface area contributed by atoms with Gasteiger partial charge in [0.15, 0.2) is 0 Å². The molecule has 0 aromatic heterocycles. The van der Waals surface area contributed by atoms with Gasteiger partial charge in [-0.15, -0.1) is 0 Å². The summed E-state index contributed by atoms with van der Waals surface area (Å²) >= 11 is 0. The van der Waals surface area contributed by atoms with E-state index in [1.54, 1.807) is 18.0 Å². The van der Waals surface area contributed by atoms with Crippen LogP contribution in [0.5, 0.6) is 5.75 Å². The normalized spacial score (nSPS) is 10.3. The second-order valence-electron chi connectivity index (χ2n) is 4.28. The van der Waals surface area contributed by atoms with Crippen LogP contribution in [0.2, 0.25) is 0 Å². The van der Waals surface area contributed by atoms with E-state index in [0.717, 1.165) is 19.3 Å². The van der Waals surface area contributed by atoms with Gasteiger partial charge in [0.1, 0.15) is 5.75 Å². The van der Waals surface area contributed by atoms with Gasteiger partial charge in [0.2, 0.25) is 0 Å². The number of amides is 1. The average molecular weight is 252 g/mol. The van der Waals surface area contributed by atoms with E-state index >= 15 is 0 Å². The molecule has 100 valence electrons. The van der Waals surface area contributed by atoms with Gasteiger partial charge in [-0.25, -0.2) is 0 Å². The minimum absolute atomic E-state index is 0.0745. The Bertz CT molecular complexity index is 407. The van der Waals surface area contributed by atoms with Crippen LogP contribution in [0, 0.1) is 0 Å². The molecule has 0 spiro atoms. The summed E-state index contributed by atoms with van der Waals surface area (Å²) in [5.41, 5.74) is 6.16. The zero-order valence-electron chi connectivity index (χ0n) is 10.6. The second kappa shape index (κ2) is 6.86. The average Bonchev–Trinajstić information content (AvgIpc) is 2.37. The molecule has 0 aliphatic carbocycles. The first-order valence-electron chi connectivity index (χ1n) is 6.01. The summed E-state index contributed by atoms with van der Waals surface area (Å²) in [4.78, 5) is 13.6. The molecule has 5 heteroatoms. The number of hydrogen-bond donors (Lipinski definition) is 3. The van der Waals surface area contributed by atoms with E-state index in [-0.39, 0.29) is 24.0 Å². The lowest BCUT2D eigenvalue weighted by Crippen LogP contribution is -2.27. The topological polar surface area (TPSA) is 86.8 Å². The van der Waals surface area contributed by atoms with E-state index < -0.39 is 0 Å².